The smallest absolute Gasteiger partial charge is 0.319 e. The van der Waals surface area contributed by atoms with E-state index in [0.29, 0.717) is 12.5 Å². The van der Waals surface area contributed by atoms with Gasteiger partial charge in [0.05, 0.1) is 25.7 Å². The van der Waals surface area contributed by atoms with Crippen molar-refractivity contribution in [3.63, 3.8) is 0 Å². The van der Waals surface area contributed by atoms with Gasteiger partial charge in [0.25, 0.3) is 0 Å². The van der Waals surface area contributed by atoms with Crippen LogP contribution in [0, 0.1) is 5.92 Å². The first-order chi connectivity index (χ1) is 8.72. The lowest BCUT2D eigenvalue weighted by molar-refractivity contribution is -0.940. The molecule has 0 spiro atoms. The molecule has 1 unspecified atom stereocenters. The van der Waals surface area contributed by atoms with Gasteiger partial charge in [-0.1, -0.05) is 22.9 Å². The van der Waals surface area contributed by atoms with Gasteiger partial charge in [0.15, 0.2) is 0 Å². The topological polar surface area (TPSA) is 30.7 Å². The summed E-state index contributed by atoms with van der Waals surface area (Å²) in [6, 6.07) is 0.746. The van der Waals surface area contributed by atoms with Crippen LogP contribution in [0.25, 0.3) is 0 Å². The number of rotatable bonds is 4. The molecular weight excluding hydrogens is 294 g/mol. The molecule has 3 nitrogen and oxygen atoms in total. The second-order valence-electron chi connectivity index (χ2n) is 5.67. The van der Waals surface area contributed by atoms with Crippen molar-refractivity contribution in [2.45, 2.75) is 56.3 Å². The molecule has 18 heavy (non-hydrogen) atoms. The molecule has 0 saturated carbocycles. The molecule has 0 aromatic rings. The van der Waals surface area contributed by atoms with Crippen molar-refractivity contribution in [2.75, 3.05) is 19.7 Å². The SMILES string of the molecule is CC[C@H](Br)C(=O)OC[C@@H]1CCC[NH+]2CCCC[C@H]12. The zero-order valence-electron chi connectivity index (χ0n) is 11.3. The Bertz CT molecular complexity index is 283. The van der Waals surface area contributed by atoms with E-state index in [1.165, 1.54) is 45.2 Å². The van der Waals surface area contributed by atoms with Gasteiger partial charge in [-0.05, 0) is 38.5 Å². The van der Waals surface area contributed by atoms with E-state index in [2.05, 4.69) is 15.9 Å². The van der Waals surface area contributed by atoms with E-state index in [1.54, 1.807) is 4.90 Å². The van der Waals surface area contributed by atoms with Gasteiger partial charge in [0.1, 0.15) is 4.83 Å². The van der Waals surface area contributed by atoms with Gasteiger partial charge >= 0.3 is 5.97 Å². The third-order valence-electron chi connectivity index (χ3n) is 4.48. The lowest BCUT2D eigenvalue weighted by Gasteiger charge is -2.41. The number of carbonyl (C=O) groups is 1. The van der Waals surface area contributed by atoms with Crippen molar-refractivity contribution in [1.82, 2.24) is 0 Å². The molecule has 2 heterocycles. The number of ether oxygens (including phenoxy) is 1. The number of piperidine rings is 2. The Balaban J connectivity index is 1.82. The summed E-state index contributed by atoms with van der Waals surface area (Å²) >= 11 is 3.36. The minimum absolute atomic E-state index is 0.0829. The number of quaternary nitrogens is 1. The number of nitrogens with one attached hydrogen (secondary N) is 1. The van der Waals surface area contributed by atoms with Crippen LogP contribution >= 0.6 is 15.9 Å². The zero-order valence-corrected chi connectivity index (χ0v) is 12.9. The largest absolute Gasteiger partial charge is 0.464 e. The van der Waals surface area contributed by atoms with Crippen LogP contribution in [0.2, 0.25) is 0 Å². The summed E-state index contributed by atoms with van der Waals surface area (Å²) in [5, 5.41) is 0. The van der Waals surface area contributed by atoms with Crippen molar-refractivity contribution in [1.29, 1.82) is 0 Å². The second-order valence-corrected chi connectivity index (χ2v) is 6.77. The van der Waals surface area contributed by atoms with Crippen molar-refractivity contribution in [3.8, 4) is 0 Å². The van der Waals surface area contributed by atoms with E-state index >= 15 is 0 Å². The number of hydrogen-bond acceptors (Lipinski definition) is 2. The Morgan fingerprint density at radius 2 is 2.11 bits per heavy atom. The number of carbonyl (C=O) groups excluding carboxylic acids is 1. The highest BCUT2D eigenvalue weighted by Crippen LogP contribution is 2.21. The molecular formula is C14H25BrNO2+. The highest BCUT2D eigenvalue weighted by atomic mass is 79.9. The Morgan fingerprint density at radius 3 is 2.89 bits per heavy atom. The second kappa shape index (κ2) is 6.90. The van der Waals surface area contributed by atoms with Crippen LogP contribution in [0.4, 0.5) is 0 Å². The van der Waals surface area contributed by atoms with Crippen LogP contribution in [0.3, 0.4) is 0 Å². The van der Waals surface area contributed by atoms with E-state index < -0.39 is 0 Å². The first-order valence-electron chi connectivity index (χ1n) is 7.37. The standard InChI is InChI=1S/C14H24BrNO2/c1-2-12(15)14(17)18-10-11-6-5-9-16-8-4-3-7-13(11)16/h11-13H,2-10H2,1H3/p+1/t11-,12-,13+/m0/s1. The third-order valence-corrected chi connectivity index (χ3v) is 5.50. The number of esters is 1. The molecule has 4 heteroatoms. The lowest BCUT2D eigenvalue weighted by atomic mass is 9.84. The van der Waals surface area contributed by atoms with E-state index in [1.807, 2.05) is 6.92 Å². The molecule has 0 aliphatic carbocycles. The van der Waals surface area contributed by atoms with Gasteiger partial charge < -0.3 is 9.64 Å². The summed E-state index contributed by atoms with van der Waals surface area (Å²) in [4.78, 5) is 13.3. The average Bonchev–Trinajstić information content (AvgIpc) is 2.43. The first kappa shape index (κ1) is 14.3. The minimum atomic E-state index is -0.129. The summed E-state index contributed by atoms with van der Waals surface area (Å²) in [5.74, 6) is 0.509. The maximum atomic E-state index is 11.7. The van der Waals surface area contributed by atoms with Crippen molar-refractivity contribution >= 4 is 21.9 Å². The van der Waals surface area contributed by atoms with Gasteiger partial charge in [0, 0.05) is 5.92 Å². The fraction of sp³-hybridized carbons (Fsp3) is 0.929. The molecule has 2 rings (SSSR count). The van der Waals surface area contributed by atoms with E-state index in [0.717, 1.165) is 12.5 Å². The van der Waals surface area contributed by atoms with Crippen molar-refractivity contribution in [3.05, 3.63) is 0 Å². The molecule has 0 radical (unpaired) electrons. The lowest BCUT2D eigenvalue weighted by Crippen LogP contribution is -3.18. The molecule has 0 aromatic carbocycles. The monoisotopic (exact) mass is 318 g/mol. The maximum Gasteiger partial charge on any atom is 0.319 e. The van der Waals surface area contributed by atoms with E-state index in [4.69, 9.17) is 4.74 Å². The van der Waals surface area contributed by atoms with Crippen molar-refractivity contribution < 1.29 is 14.4 Å². The summed E-state index contributed by atoms with van der Waals surface area (Å²) in [6.07, 6.45) is 7.37. The van der Waals surface area contributed by atoms with Crippen LogP contribution in [0.15, 0.2) is 0 Å². The fourth-order valence-corrected chi connectivity index (χ4v) is 3.56. The Morgan fingerprint density at radius 1 is 1.33 bits per heavy atom. The zero-order chi connectivity index (χ0) is 13.0. The molecule has 2 saturated heterocycles. The molecule has 2 fully saturated rings. The number of alkyl halides is 1. The highest BCUT2D eigenvalue weighted by molar-refractivity contribution is 9.10. The van der Waals surface area contributed by atoms with Crippen molar-refractivity contribution in [2.24, 2.45) is 5.92 Å². The molecule has 104 valence electrons. The number of halogens is 1. The number of fused-ring (bicyclic) bond motifs is 1. The third kappa shape index (κ3) is 3.47. The van der Waals surface area contributed by atoms with Crippen LogP contribution in [0.1, 0.15) is 45.4 Å². The highest BCUT2D eigenvalue weighted by Gasteiger charge is 2.37. The Kier molecular flexibility index (Phi) is 5.49. The van der Waals surface area contributed by atoms with Gasteiger partial charge in [-0.3, -0.25) is 4.79 Å². The van der Waals surface area contributed by atoms with E-state index in [-0.39, 0.29) is 10.8 Å². The van der Waals surface area contributed by atoms with Gasteiger partial charge in [-0.15, -0.1) is 0 Å². The molecule has 0 aromatic heterocycles. The van der Waals surface area contributed by atoms with Gasteiger partial charge in [-0.25, -0.2) is 0 Å². The Labute approximate surface area is 118 Å². The average molecular weight is 319 g/mol. The van der Waals surface area contributed by atoms with Crippen LogP contribution in [-0.2, 0) is 9.53 Å². The maximum absolute atomic E-state index is 11.7. The van der Waals surface area contributed by atoms with Crippen LogP contribution in [-0.4, -0.2) is 36.5 Å². The summed E-state index contributed by atoms with van der Waals surface area (Å²) < 4.78 is 5.48. The molecule has 0 bridgehead atoms. The molecule has 2 aliphatic heterocycles. The minimum Gasteiger partial charge on any atom is -0.464 e. The molecule has 4 atom stereocenters. The normalized spacial score (nSPS) is 33.6. The summed E-state index contributed by atoms with van der Waals surface area (Å²) in [5.41, 5.74) is 0. The predicted molar refractivity (Wildman–Crippen MR) is 75.0 cm³/mol. The van der Waals surface area contributed by atoms with Gasteiger partial charge in [-0.2, -0.15) is 0 Å². The predicted octanol–water partition coefficient (Wildman–Crippen LogP) is 1.55. The Hall–Kier alpha value is -0.0900. The quantitative estimate of drug-likeness (QED) is 0.630. The van der Waals surface area contributed by atoms with Crippen LogP contribution < -0.4 is 4.90 Å². The molecule has 2 aliphatic rings. The first-order valence-corrected chi connectivity index (χ1v) is 8.29. The van der Waals surface area contributed by atoms with Crippen LogP contribution in [0.5, 0.6) is 0 Å². The summed E-state index contributed by atoms with van der Waals surface area (Å²) in [6.45, 7) is 5.28. The van der Waals surface area contributed by atoms with Gasteiger partial charge in [0.2, 0.25) is 0 Å². The fourth-order valence-electron chi connectivity index (χ4n) is 3.42. The molecule has 0 amide bonds. The number of hydrogen-bond donors (Lipinski definition) is 1. The van der Waals surface area contributed by atoms with E-state index in [9.17, 15) is 4.79 Å². The molecule has 1 N–H and O–H groups in total. The summed E-state index contributed by atoms with van der Waals surface area (Å²) in [7, 11) is 0.